The van der Waals surface area contributed by atoms with Crippen LogP contribution in [0.15, 0.2) is 35.1 Å². The molecule has 0 aliphatic carbocycles. The topological polar surface area (TPSA) is 160 Å². The monoisotopic (exact) mass is 506 g/mol. The Morgan fingerprint density at radius 1 is 1.00 bits per heavy atom. The fourth-order valence-corrected chi connectivity index (χ4v) is 4.19. The average molecular weight is 507 g/mol. The lowest BCUT2D eigenvalue weighted by atomic mass is 9.85. The Balaban J connectivity index is 0.000000678. The van der Waals surface area contributed by atoms with E-state index in [0.717, 1.165) is 38.2 Å². The first-order valence-corrected chi connectivity index (χ1v) is 11.7. The number of carbonyl (C=O) groups excluding carboxylic acids is 1. The Bertz CT molecular complexity index is 1050. The number of carboxylic acids is 2. The fourth-order valence-electron chi connectivity index (χ4n) is 4.19. The maximum atomic E-state index is 13.0. The number of nitrogens with zero attached hydrogens (tertiary/aromatic N) is 6. The first kappa shape index (κ1) is 28.7. The Hall–Kier alpha value is -3.58. The molecule has 0 atom stereocenters. The number of tetrazole rings is 1. The normalized spacial score (nSPS) is 15.0. The van der Waals surface area contributed by atoms with Crippen molar-refractivity contribution in [3.05, 3.63) is 40.8 Å². The van der Waals surface area contributed by atoms with Gasteiger partial charge in [-0.05, 0) is 42.3 Å². The molecule has 2 heterocycles. The molecule has 36 heavy (non-hydrogen) atoms. The highest BCUT2D eigenvalue weighted by Gasteiger charge is 2.42. The van der Waals surface area contributed by atoms with E-state index in [4.69, 9.17) is 24.5 Å². The predicted octanol–water partition coefficient (Wildman–Crippen LogP) is 0.540. The van der Waals surface area contributed by atoms with Crippen LogP contribution in [0.3, 0.4) is 0 Å². The third kappa shape index (κ3) is 7.21. The first-order chi connectivity index (χ1) is 17.2. The van der Waals surface area contributed by atoms with Gasteiger partial charge >= 0.3 is 17.6 Å². The van der Waals surface area contributed by atoms with Crippen LogP contribution in [0.1, 0.15) is 33.1 Å². The van der Waals surface area contributed by atoms with Crippen LogP contribution in [0.5, 0.6) is 0 Å². The highest BCUT2D eigenvalue weighted by atomic mass is 16.5. The molecule has 0 spiro atoms. The van der Waals surface area contributed by atoms with Crippen molar-refractivity contribution in [1.29, 1.82) is 0 Å². The van der Waals surface area contributed by atoms with Gasteiger partial charge in [0.25, 0.3) is 0 Å². The van der Waals surface area contributed by atoms with Gasteiger partial charge in [0, 0.05) is 45.4 Å². The van der Waals surface area contributed by atoms with E-state index in [1.807, 2.05) is 49.1 Å². The van der Waals surface area contributed by atoms with Crippen LogP contribution in [-0.4, -0.2) is 91.6 Å². The van der Waals surface area contributed by atoms with Gasteiger partial charge in [-0.15, -0.1) is 0 Å². The van der Waals surface area contributed by atoms with E-state index in [2.05, 4.69) is 15.3 Å². The molecule has 1 aliphatic heterocycles. The number of aromatic nitrogens is 4. The zero-order valence-corrected chi connectivity index (χ0v) is 20.9. The number of ether oxygens (including phenoxy) is 1. The number of benzene rings is 1. The van der Waals surface area contributed by atoms with Gasteiger partial charge in [-0.3, -0.25) is 4.79 Å². The van der Waals surface area contributed by atoms with Gasteiger partial charge in [-0.2, -0.15) is 9.36 Å². The molecule has 2 N–H and O–H groups in total. The maximum Gasteiger partial charge on any atom is 0.414 e. The largest absolute Gasteiger partial charge is 0.473 e. The van der Waals surface area contributed by atoms with Crippen LogP contribution in [-0.2, 0) is 32.2 Å². The highest BCUT2D eigenvalue weighted by Crippen LogP contribution is 2.34. The molecular weight excluding hydrogens is 472 g/mol. The van der Waals surface area contributed by atoms with Crippen LogP contribution >= 0.6 is 0 Å². The van der Waals surface area contributed by atoms with Crippen LogP contribution < -0.4 is 10.6 Å². The minimum Gasteiger partial charge on any atom is -0.473 e. The van der Waals surface area contributed by atoms with Gasteiger partial charge in [-0.1, -0.05) is 25.1 Å². The second kappa shape index (κ2) is 13.5. The summed E-state index contributed by atoms with van der Waals surface area (Å²) in [5, 5.41) is 22.6. The third-order valence-electron chi connectivity index (χ3n) is 6.05. The van der Waals surface area contributed by atoms with Gasteiger partial charge < -0.3 is 24.7 Å². The molecule has 0 saturated carbocycles. The van der Waals surface area contributed by atoms with E-state index >= 15 is 0 Å². The SMILES string of the molecule is CCC(=O)N(c1ccccc1)C1(COC)CCN(CCn2nnn(CC)c2=O)CC1.O=C(O)C(=O)O. The number of amides is 1. The Morgan fingerprint density at radius 2 is 1.58 bits per heavy atom. The van der Waals surface area contributed by atoms with Crippen molar-refractivity contribution in [1.82, 2.24) is 24.7 Å². The molecule has 0 bridgehead atoms. The molecule has 1 fully saturated rings. The zero-order chi connectivity index (χ0) is 26.7. The summed E-state index contributed by atoms with van der Waals surface area (Å²) in [5.41, 5.74) is 0.367. The van der Waals surface area contributed by atoms with Gasteiger partial charge in [0.05, 0.1) is 18.7 Å². The van der Waals surface area contributed by atoms with Crippen molar-refractivity contribution in [2.45, 2.75) is 51.7 Å². The number of hydrogen-bond acceptors (Lipinski definition) is 8. The summed E-state index contributed by atoms with van der Waals surface area (Å²) >= 11 is 0. The molecule has 1 aromatic carbocycles. The molecule has 1 saturated heterocycles. The lowest BCUT2D eigenvalue weighted by Crippen LogP contribution is -2.60. The summed E-state index contributed by atoms with van der Waals surface area (Å²) in [6, 6.07) is 9.85. The van der Waals surface area contributed by atoms with Gasteiger partial charge in [0.1, 0.15) is 0 Å². The number of piperidine rings is 1. The van der Waals surface area contributed by atoms with Crippen LogP contribution in [0.2, 0.25) is 0 Å². The highest BCUT2D eigenvalue weighted by molar-refractivity contribution is 6.27. The molecule has 2 aromatic rings. The average Bonchev–Trinajstić information content (AvgIpc) is 3.24. The number of carboxylic acid groups (broad SMARTS) is 2. The van der Waals surface area contributed by atoms with Crippen molar-refractivity contribution in [2.24, 2.45) is 0 Å². The molecule has 1 aliphatic rings. The molecule has 1 amide bonds. The summed E-state index contributed by atoms with van der Waals surface area (Å²) in [6.45, 7) is 7.64. The Kier molecular flexibility index (Phi) is 10.7. The number of anilines is 1. The summed E-state index contributed by atoms with van der Waals surface area (Å²) in [5.74, 6) is -3.54. The molecule has 1 aromatic heterocycles. The zero-order valence-electron chi connectivity index (χ0n) is 20.9. The lowest BCUT2D eigenvalue weighted by Gasteiger charge is -2.48. The number of rotatable bonds is 9. The van der Waals surface area contributed by atoms with Gasteiger partial charge in [0.15, 0.2) is 0 Å². The van der Waals surface area contributed by atoms with Crippen molar-refractivity contribution >= 4 is 23.5 Å². The van der Waals surface area contributed by atoms with Gasteiger partial charge in [-0.25, -0.2) is 14.4 Å². The molecule has 0 radical (unpaired) electrons. The van der Waals surface area contributed by atoms with E-state index in [1.54, 1.807) is 7.11 Å². The second-order valence-corrected chi connectivity index (χ2v) is 8.33. The Morgan fingerprint density at radius 3 is 2.06 bits per heavy atom. The number of para-hydroxylation sites is 1. The predicted molar refractivity (Wildman–Crippen MR) is 130 cm³/mol. The van der Waals surface area contributed by atoms with Gasteiger partial charge in [0.2, 0.25) is 5.91 Å². The van der Waals surface area contributed by atoms with Crippen molar-refractivity contribution in [3.63, 3.8) is 0 Å². The number of likely N-dealkylation sites (tertiary alicyclic amines) is 1. The Labute approximate surface area is 208 Å². The smallest absolute Gasteiger partial charge is 0.414 e. The standard InChI is InChI=1S/C21H32N6O3.C2H2O4/c1-4-19(28)27(18-9-7-6-8-10-18)21(17-30-3)11-13-24(14-12-21)15-16-26-20(29)25(5-2)22-23-26;3-1(4)2(5)6/h6-10H,4-5,11-17H2,1-3H3;(H,3,4)(H,5,6). The molecule has 0 unspecified atom stereocenters. The lowest BCUT2D eigenvalue weighted by molar-refractivity contribution is -0.159. The molecule has 3 rings (SSSR count). The quantitative estimate of drug-likeness (QED) is 0.459. The molecular formula is C23H34N6O7. The summed E-state index contributed by atoms with van der Waals surface area (Å²) in [6.07, 6.45) is 2.05. The van der Waals surface area contributed by atoms with Crippen LogP contribution in [0, 0.1) is 0 Å². The number of carbonyl (C=O) groups is 3. The number of methoxy groups -OCH3 is 1. The van der Waals surface area contributed by atoms with E-state index in [1.165, 1.54) is 9.36 Å². The van der Waals surface area contributed by atoms with E-state index < -0.39 is 11.9 Å². The summed E-state index contributed by atoms with van der Waals surface area (Å²) < 4.78 is 8.37. The minimum atomic E-state index is -1.82. The van der Waals surface area contributed by atoms with Crippen LogP contribution in [0.4, 0.5) is 5.69 Å². The second-order valence-electron chi connectivity index (χ2n) is 8.33. The number of hydrogen-bond donors (Lipinski definition) is 2. The van der Waals surface area contributed by atoms with E-state index in [9.17, 15) is 9.59 Å². The fraction of sp³-hybridized carbons (Fsp3) is 0.565. The van der Waals surface area contributed by atoms with Crippen LogP contribution in [0.25, 0.3) is 0 Å². The van der Waals surface area contributed by atoms with Crippen molar-refractivity contribution in [3.8, 4) is 0 Å². The van der Waals surface area contributed by atoms with E-state index in [-0.39, 0.29) is 17.1 Å². The maximum absolute atomic E-state index is 13.0. The first-order valence-electron chi connectivity index (χ1n) is 11.7. The van der Waals surface area contributed by atoms with Crippen molar-refractivity contribution < 1.29 is 29.3 Å². The molecule has 13 heteroatoms. The summed E-state index contributed by atoms with van der Waals surface area (Å²) in [4.78, 5) is 47.5. The third-order valence-corrected chi connectivity index (χ3v) is 6.05. The van der Waals surface area contributed by atoms with Crippen molar-refractivity contribution in [2.75, 3.05) is 38.3 Å². The number of aliphatic carboxylic acids is 2. The summed E-state index contributed by atoms with van der Waals surface area (Å²) in [7, 11) is 1.69. The minimum absolute atomic E-state index is 0.106. The molecule has 198 valence electrons. The molecule has 13 nitrogen and oxygen atoms in total. The van der Waals surface area contributed by atoms with E-state index in [0.29, 0.717) is 26.1 Å². The number of aryl methyl sites for hydroxylation is 1.